The van der Waals surface area contributed by atoms with E-state index in [-0.39, 0.29) is 17.6 Å². The zero-order valence-electron chi connectivity index (χ0n) is 17.2. The molecule has 1 saturated heterocycles. The topological polar surface area (TPSA) is 61.4 Å². The molecule has 1 N–H and O–H groups in total. The molecule has 1 aliphatic carbocycles. The summed E-state index contributed by atoms with van der Waals surface area (Å²) in [6.45, 7) is 3.49. The predicted molar refractivity (Wildman–Crippen MR) is 124 cm³/mol. The van der Waals surface area contributed by atoms with Gasteiger partial charge in [0, 0.05) is 41.4 Å². The lowest BCUT2D eigenvalue weighted by Gasteiger charge is -2.35. The van der Waals surface area contributed by atoms with Crippen molar-refractivity contribution in [2.24, 2.45) is 5.92 Å². The van der Waals surface area contributed by atoms with Crippen LogP contribution in [-0.2, 0) is 17.6 Å². The maximum atomic E-state index is 14.4. The molecule has 1 unspecified atom stereocenters. The highest BCUT2D eigenvalue weighted by Crippen LogP contribution is 2.41. The van der Waals surface area contributed by atoms with E-state index >= 15 is 0 Å². The summed E-state index contributed by atoms with van der Waals surface area (Å²) in [5.41, 5.74) is 1.57. The molecule has 0 bridgehead atoms. The molecule has 1 fully saturated rings. The van der Waals surface area contributed by atoms with Crippen molar-refractivity contribution in [3.05, 3.63) is 45.3 Å². The Morgan fingerprint density at radius 2 is 2.06 bits per heavy atom. The van der Waals surface area contributed by atoms with Crippen molar-refractivity contribution in [2.45, 2.75) is 19.3 Å². The van der Waals surface area contributed by atoms with E-state index in [1.807, 2.05) is 4.90 Å². The molecule has 3 heterocycles. The number of hydrogen-bond acceptors (Lipinski definition) is 6. The number of likely N-dealkylation sites (N-methyl/N-ethyl adjacent to an activating group) is 1. The summed E-state index contributed by atoms with van der Waals surface area (Å²) in [6, 6.07) is 4.91. The van der Waals surface area contributed by atoms with Crippen LogP contribution in [0.3, 0.4) is 0 Å². The summed E-state index contributed by atoms with van der Waals surface area (Å²) in [6.07, 6.45) is 3.89. The van der Waals surface area contributed by atoms with Crippen LogP contribution in [-0.4, -0.2) is 58.9 Å². The number of fused-ring (bicyclic) bond motifs is 3. The molecule has 0 saturated carbocycles. The Morgan fingerprint density at radius 3 is 2.84 bits per heavy atom. The normalized spacial score (nSPS) is 19.5. The fraction of sp³-hybridized carbons (Fsp3) is 0.409. The molecule has 5 rings (SSSR count). The molecule has 1 atom stereocenters. The summed E-state index contributed by atoms with van der Waals surface area (Å²) in [4.78, 5) is 28.3. The van der Waals surface area contributed by atoms with Crippen LogP contribution in [0.1, 0.15) is 16.9 Å². The van der Waals surface area contributed by atoms with Gasteiger partial charge in [0.25, 0.3) is 0 Å². The smallest absolute Gasteiger partial charge is 0.226 e. The Hall–Kier alpha value is -2.10. The molecule has 162 valence electrons. The second-order valence-corrected chi connectivity index (χ2v) is 10.2. The number of benzene rings is 1. The average molecular weight is 504 g/mol. The van der Waals surface area contributed by atoms with E-state index in [0.29, 0.717) is 16.0 Å². The molecule has 1 aromatic carbocycles. The van der Waals surface area contributed by atoms with Crippen molar-refractivity contribution < 1.29 is 9.18 Å². The predicted octanol–water partition coefficient (Wildman–Crippen LogP) is 4.22. The third kappa shape index (κ3) is 4.06. The van der Waals surface area contributed by atoms with Crippen molar-refractivity contribution in [1.29, 1.82) is 0 Å². The number of nitrogens with zero attached hydrogens (tertiary/aromatic N) is 4. The SMILES string of the molecule is CN1CCN(C(=O)C2CCc3c(sc4ncnc(Nc5ccc(Br)cc5F)c34)C2)CC1. The number of piperazine rings is 1. The zero-order valence-corrected chi connectivity index (χ0v) is 19.6. The molecule has 0 spiro atoms. The number of carbonyl (C=O) groups excluding carboxylic acids is 1. The van der Waals surface area contributed by atoms with Crippen LogP contribution in [0.5, 0.6) is 0 Å². The number of amides is 1. The number of aromatic nitrogens is 2. The summed E-state index contributed by atoms with van der Waals surface area (Å²) in [5, 5.41) is 4.10. The minimum Gasteiger partial charge on any atom is -0.340 e. The zero-order chi connectivity index (χ0) is 21.5. The Balaban J connectivity index is 1.41. The number of nitrogens with one attached hydrogen (secondary N) is 1. The van der Waals surface area contributed by atoms with E-state index in [4.69, 9.17) is 0 Å². The van der Waals surface area contributed by atoms with Gasteiger partial charge >= 0.3 is 0 Å². The van der Waals surface area contributed by atoms with E-state index in [9.17, 15) is 9.18 Å². The third-order valence-corrected chi connectivity index (χ3v) is 7.85. The standard InChI is InChI=1S/C22H23BrFN5OS/c1-28-6-8-29(9-7-28)22(30)13-2-4-15-18(10-13)31-21-19(15)20(25-12-26-21)27-17-5-3-14(23)11-16(17)24/h3,5,11-13H,2,4,6-10H2,1H3,(H,25,26,27). The lowest BCUT2D eigenvalue weighted by molar-refractivity contribution is -0.137. The van der Waals surface area contributed by atoms with Crippen LogP contribution < -0.4 is 5.32 Å². The van der Waals surface area contributed by atoms with Crippen molar-refractivity contribution in [2.75, 3.05) is 38.5 Å². The van der Waals surface area contributed by atoms with Crippen LogP contribution in [0.15, 0.2) is 29.0 Å². The third-order valence-electron chi connectivity index (χ3n) is 6.19. The number of rotatable bonds is 3. The molecular weight excluding hydrogens is 481 g/mol. The van der Waals surface area contributed by atoms with E-state index in [1.54, 1.807) is 23.5 Å². The molecule has 3 aromatic rings. The minimum absolute atomic E-state index is 0.0252. The maximum Gasteiger partial charge on any atom is 0.226 e. The lowest BCUT2D eigenvalue weighted by Crippen LogP contribution is -2.49. The van der Waals surface area contributed by atoms with Crippen LogP contribution >= 0.6 is 27.3 Å². The molecule has 31 heavy (non-hydrogen) atoms. The number of aryl methyl sites for hydroxylation is 1. The van der Waals surface area contributed by atoms with Crippen molar-refractivity contribution in [3.8, 4) is 0 Å². The number of halogens is 2. The van der Waals surface area contributed by atoms with Crippen molar-refractivity contribution >= 4 is 54.9 Å². The highest BCUT2D eigenvalue weighted by atomic mass is 79.9. The summed E-state index contributed by atoms with van der Waals surface area (Å²) >= 11 is 4.92. The van der Waals surface area contributed by atoms with Gasteiger partial charge in [-0.2, -0.15) is 0 Å². The molecule has 9 heteroatoms. The molecule has 6 nitrogen and oxygen atoms in total. The maximum absolute atomic E-state index is 14.4. The van der Waals surface area contributed by atoms with Gasteiger partial charge in [0.2, 0.25) is 5.91 Å². The van der Waals surface area contributed by atoms with Gasteiger partial charge in [-0.25, -0.2) is 14.4 Å². The van der Waals surface area contributed by atoms with Crippen LogP contribution in [0.25, 0.3) is 10.2 Å². The molecule has 1 amide bonds. The summed E-state index contributed by atoms with van der Waals surface area (Å²) in [5.74, 6) is 0.575. The first-order valence-electron chi connectivity index (χ1n) is 10.4. The first-order valence-corrected chi connectivity index (χ1v) is 12.0. The quantitative estimate of drug-likeness (QED) is 0.579. The van der Waals surface area contributed by atoms with E-state index in [1.165, 1.54) is 22.8 Å². The fourth-order valence-corrected chi connectivity index (χ4v) is 6.02. The second-order valence-electron chi connectivity index (χ2n) is 8.22. The number of anilines is 2. The van der Waals surface area contributed by atoms with Gasteiger partial charge in [-0.15, -0.1) is 11.3 Å². The monoisotopic (exact) mass is 503 g/mol. The highest BCUT2D eigenvalue weighted by molar-refractivity contribution is 9.10. The molecule has 1 aliphatic heterocycles. The van der Waals surface area contributed by atoms with Crippen LogP contribution in [0.4, 0.5) is 15.9 Å². The molecule has 0 radical (unpaired) electrons. The van der Waals surface area contributed by atoms with Crippen LogP contribution in [0, 0.1) is 11.7 Å². The average Bonchev–Trinajstić information content (AvgIpc) is 3.14. The molecular formula is C22H23BrFN5OS. The summed E-state index contributed by atoms with van der Waals surface area (Å²) in [7, 11) is 2.10. The van der Waals surface area contributed by atoms with Gasteiger partial charge in [-0.3, -0.25) is 4.79 Å². The molecule has 2 aromatic heterocycles. The Morgan fingerprint density at radius 1 is 1.26 bits per heavy atom. The van der Waals surface area contributed by atoms with Gasteiger partial charge in [0.05, 0.1) is 11.1 Å². The van der Waals surface area contributed by atoms with Gasteiger partial charge < -0.3 is 15.1 Å². The van der Waals surface area contributed by atoms with Crippen LogP contribution in [0.2, 0.25) is 0 Å². The summed E-state index contributed by atoms with van der Waals surface area (Å²) < 4.78 is 15.1. The van der Waals surface area contributed by atoms with Gasteiger partial charge in [-0.1, -0.05) is 15.9 Å². The van der Waals surface area contributed by atoms with Crippen molar-refractivity contribution in [1.82, 2.24) is 19.8 Å². The largest absolute Gasteiger partial charge is 0.340 e. The van der Waals surface area contributed by atoms with Gasteiger partial charge in [-0.05, 0) is 50.1 Å². The second kappa shape index (κ2) is 8.44. The van der Waals surface area contributed by atoms with Gasteiger partial charge in [0.15, 0.2) is 0 Å². The number of hydrogen-bond donors (Lipinski definition) is 1. The van der Waals surface area contributed by atoms with Gasteiger partial charge in [0.1, 0.15) is 22.8 Å². The van der Waals surface area contributed by atoms with Crippen molar-refractivity contribution in [3.63, 3.8) is 0 Å². The number of thiophene rings is 1. The number of carbonyl (C=O) groups is 1. The van der Waals surface area contributed by atoms with E-state index in [2.05, 4.69) is 43.2 Å². The minimum atomic E-state index is -0.344. The Labute approximate surface area is 192 Å². The first-order chi connectivity index (χ1) is 15.0. The molecule has 2 aliphatic rings. The Bertz CT molecular complexity index is 1140. The Kier molecular flexibility index (Phi) is 5.66. The highest BCUT2D eigenvalue weighted by Gasteiger charge is 2.32. The lowest BCUT2D eigenvalue weighted by atomic mass is 9.86. The van der Waals surface area contributed by atoms with E-state index < -0.39 is 0 Å². The fourth-order valence-electron chi connectivity index (χ4n) is 4.42. The van der Waals surface area contributed by atoms with E-state index in [0.717, 1.165) is 55.7 Å². The first kappa shape index (κ1) is 20.8.